The standard InChI is InChI=1S/C13H13ClN2/c14-12-3-1-10(2-4-12)11-7-13-8-15-5-6-16(13)9-11/h1-4,7,9,15H,5-6,8H2. The first-order chi connectivity index (χ1) is 7.83. The summed E-state index contributed by atoms with van der Waals surface area (Å²) in [6, 6.07) is 10.3. The molecular formula is C13H13ClN2. The van der Waals surface area contributed by atoms with Crippen LogP contribution < -0.4 is 5.32 Å². The van der Waals surface area contributed by atoms with Gasteiger partial charge in [0, 0.05) is 36.5 Å². The molecule has 2 heterocycles. The molecule has 3 rings (SSSR count). The first kappa shape index (κ1) is 9.94. The van der Waals surface area contributed by atoms with Crippen LogP contribution in [0.5, 0.6) is 0 Å². The van der Waals surface area contributed by atoms with Crippen LogP contribution in [0.1, 0.15) is 5.69 Å². The average molecular weight is 233 g/mol. The number of nitrogens with one attached hydrogen (secondary N) is 1. The molecule has 16 heavy (non-hydrogen) atoms. The third kappa shape index (κ3) is 1.75. The minimum absolute atomic E-state index is 0.786. The molecule has 0 spiro atoms. The van der Waals surface area contributed by atoms with Crippen molar-refractivity contribution in [2.75, 3.05) is 6.54 Å². The van der Waals surface area contributed by atoms with Crippen molar-refractivity contribution in [1.82, 2.24) is 9.88 Å². The predicted octanol–water partition coefficient (Wildman–Crippen LogP) is 2.91. The molecule has 0 unspecified atom stereocenters. The topological polar surface area (TPSA) is 17.0 Å². The predicted molar refractivity (Wildman–Crippen MR) is 66.6 cm³/mol. The Morgan fingerprint density at radius 1 is 1.12 bits per heavy atom. The summed E-state index contributed by atoms with van der Waals surface area (Å²) in [5, 5.41) is 4.16. The molecule has 0 bridgehead atoms. The molecule has 0 amide bonds. The maximum atomic E-state index is 5.88. The number of hydrogen-bond acceptors (Lipinski definition) is 1. The van der Waals surface area contributed by atoms with Crippen molar-refractivity contribution in [3.8, 4) is 11.1 Å². The van der Waals surface area contributed by atoms with Gasteiger partial charge in [0.15, 0.2) is 0 Å². The van der Waals surface area contributed by atoms with Gasteiger partial charge in [-0.3, -0.25) is 0 Å². The third-order valence-electron chi connectivity index (χ3n) is 3.00. The minimum Gasteiger partial charge on any atom is -0.348 e. The van der Waals surface area contributed by atoms with Crippen LogP contribution in [-0.2, 0) is 13.1 Å². The molecule has 1 aromatic heterocycles. The Hall–Kier alpha value is -1.25. The maximum Gasteiger partial charge on any atom is 0.0406 e. The highest BCUT2D eigenvalue weighted by Crippen LogP contribution is 2.24. The summed E-state index contributed by atoms with van der Waals surface area (Å²) in [7, 11) is 0. The molecule has 1 aromatic carbocycles. The van der Waals surface area contributed by atoms with Crippen molar-refractivity contribution in [3.05, 3.63) is 47.2 Å². The second-order valence-corrected chi connectivity index (χ2v) is 4.53. The third-order valence-corrected chi connectivity index (χ3v) is 3.25. The van der Waals surface area contributed by atoms with E-state index in [-0.39, 0.29) is 0 Å². The Labute approximate surface area is 99.8 Å². The Morgan fingerprint density at radius 3 is 2.69 bits per heavy atom. The zero-order valence-electron chi connectivity index (χ0n) is 8.91. The van der Waals surface area contributed by atoms with Gasteiger partial charge in [-0.05, 0) is 29.3 Å². The molecule has 0 atom stereocenters. The Balaban J connectivity index is 2.00. The number of hydrogen-bond donors (Lipinski definition) is 1. The molecule has 1 aliphatic heterocycles. The van der Waals surface area contributed by atoms with Gasteiger partial charge in [0.05, 0.1) is 0 Å². The number of benzene rings is 1. The number of halogens is 1. The molecule has 0 saturated heterocycles. The van der Waals surface area contributed by atoms with Crippen LogP contribution in [0.2, 0.25) is 5.02 Å². The second-order valence-electron chi connectivity index (χ2n) is 4.10. The van der Waals surface area contributed by atoms with E-state index in [2.05, 4.69) is 34.3 Å². The number of fused-ring (bicyclic) bond motifs is 1. The monoisotopic (exact) mass is 232 g/mol. The van der Waals surface area contributed by atoms with Crippen LogP contribution in [0.4, 0.5) is 0 Å². The molecule has 0 radical (unpaired) electrons. The van der Waals surface area contributed by atoms with E-state index in [1.807, 2.05) is 12.1 Å². The fourth-order valence-corrected chi connectivity index (χ4v) is 2.25. The highest BCUT2D eigenvalue weighted by atomic mass is 35.5. The maximum absolute atomic E-state index is 5.88. The zero-order valence-corrected chi connectivity index (χ0v) is 9.67. The highest BCUT2D eigenvalue weighted by molar-refractivity contribution is 6.30. The van der Waals surface area contributed by atoms with E-state index in [9.17, 15) is 0 Å². The average Bonchev–Trinajstić information content (AvgIpc) is 2.73. The van der Waals surface area contributed by atoms with Gasteiger partial charge in [-0.2, -0.15) is 0 Å². The van der Waals surface area contributed by atoms with Crippen LogP contribution in [0, 0.1) is 0 Å². The van der Waals surface area contributed by atoms with Crippen molar-refractivity contribution >= 4 is 11.6 Å². The summed E-state index contributed by atoms with van der Waals surface area (Å²) in [5.41, 5.74) is 3.86. The van der Waals surface area contributed by atoms with Crippen LogP contribution in [-0.4, -0.2) is 11.1 Å². The minimum atomic E-state index is 0.786. The lowest BCUT2D eigenvalue weighted by Crippen LogP contribution is -2.27. The van der Waals surface area contributed by atoms with Crippen molar-refractivity contribution < 1.29 is 0 Å². The Kier molecular flexibility index (Phi) is 2.46. The van der Waals surface area contributed by atoms with E-state index in [1.165, 1.54) is 16.8 Å². The normalized spacial score (nSPS) is 14.8. The lowest BCUT2D eigenvalue weighted by molar-refractivity contribution is 0.517. The van der Waals surface area contributed by atoms with E-state index in [0.717, 1.165) is 24.7 Å². The first-order valence-electron chi connectivity index (χ1n) is 5.49. The summed E-state index contributed by atoms with van der Waals surface area (Å²) in [4.78, 5) is 0. The lowest BCUT2D eigenvalue weighted by Gasteiger charge is -2.15. The van der Waals surface area contributed by atoms with Gasteiger partial charge in [-0.1, -0.05) is 23.7 Å². The molecule has 0 saturated carbocycles. The fourth-order valence-electron chi connectivity index (χ4n) is 2.13. The van der Waals surface area contributed by atoms with E-state index in [1.54, 1.807) is 0 Å². The van der Waals surface area contributed by atoms with Crippen LogP contribution in [0.25, 0.3) is 11.1 Å². The van der Waals surface area contributed by atoms with Gasteiger partial charge >= 0.3 is 0 Å². The van der Waals surface area contributed by atoms with Crippen LogP contribution in [0.3, 0.4) is 0 Å². The zero-order chi connectivity index (χ0) is 11.0. The van der Waals surface area contributed by atoms with Crippen molar-refractivity contribution in [2.45, 2.75) is 13.1 Å². The first-order valence-corrected chi connectivity index (χ1v) is 5.86. The van der Waals surface area contributed by atoms with Gasteiger partial charge in [0.25, 0.3) is 0 Å². The molecule has 2 nitrogen and oxygen atoms in total. The number of nitrogens with zero attached hydrogens (tertiary/aromatic N) is 1. The van der Waals surface area contributed by atoms with Gasteiger partial charge in [-0.25, -0.2) is 0 Å². The number of rotatable bonds is 1. The van der Waals surface area contributed by atoms with Gasteiger partial charge in [0.2, 0.25) is 0 Å². The lowest BCUT2D eigenvalue weighted by atomic mass is 10.1. The largest absolute Gasteiger partial charge is 0.348 e. The van der Waals surface area contributed by atoms with Crippen molar-refractivity contribution in [2.24, 2.45) is 0 Å². The van der Waals surface area contributed by atoms with Crippen molar-refractivity contribution in [1.29, 1.82) is 0 Å². The Bertz CT molecular complexity index is 476. The van der Waals surface area contributed by atoms with Crippen LogP contribution >= 0.6 is 11.6 Å². The summed E-state index contributed by atoms with van der Waals surface area (Å²) in [5.74, 6) is 0. The Morgan fingerprint density at radius 2 is 1.94 bits per heavy atom. The molecule has 1 aliphatic rings. The summed E-state index contributed by atoms with van der Waals surface area (Å²) in [6.07, 6.45) is 2.22. The smallest absolute Gasteiger partial charge is 0.0406 e. The van der Waals surface area contributed by atoms with Gasteiger partial charge in [-0.15, -0.1) is 0 Å². The molecule has 0 aliphatic carbocycles. The molecular weight excluding hydrogens is 220 g/mol. The summed E-state index contributed by atoms with van der Waals surface area (Å²) >= 11 is 5.88. The summed E-state index contributed by atoms with van der Waals surface area (Å²) in [6.45, 7) is 3.08. The summed E-state index contributed by atoms with van der Waals surface area (Å²) < 4.78 is 2.32. The van der Waals surface area contributed by atoms with E-state index in [0.29, 0.717) is 0 Å². The van der Waals surface area contributed by atoms with Crippen LogP contribution in [0.15, 0.2) is 36.5 Å². The second kappa shape index (κ2) is 3.96. The van der Waals surface area contributed by atoms with Gasteiger partial charge < -0.3 is 9.88 Å². The highest BCUT2D eigenvalue weighted by Gasteiger charge is 2.10. The molecule has 82 valence electrons. The van der Waals surface area contributed by atoms with Gasteiger partial charge in [0.1, 0.15) is 0 Å². The molecule has 1 N–H and O–H groups in total. The van der Waals surface area contributed by atoms with E-state index >= 15 is 0 Å². The fraction of sp³-hybridized carbons (Fsp3) is 0.231. The SMILES string of the molecule is Clc1ccc(-c2cc3n(c2)CCNC3)cc1. The van der Waals surface area contributed by atoms with E-state index in [4.69, 9.17) is 11.6 Å². The quantitative estimate of drug-likeness (QED) is 0.800. The van der Waals surface area contributed by atoms with Crippen molar-refractivity contribution in [3.63, 3.8) is 0 Å². The van der Waals surface area contributed by atoms with E-state index < -0.39 is 0 Å². The molecule has 2 aromatic rings. The number of aromatic nitrogens is 1. The molecule has 3 heteroatoms. The molecule has 0 fully saturated rings.